The van der Waals surface area contributed by atoms with Crippen LogP contribution in [-0.4, -0.2) is 47.9 Å². The molecule has 0 aromatic heterocycles. The van der Waals surface area contributed by atoms with E-state index in [4.69, 9.17) is 11.6 Å². The van der Waals surface area contributed by atoms with Crippen molar-refractivity contribution < 1.29 is 9.18 Å². The smallest absolute Gasteiger partial charge is 0.253 e. The van der Waals surface area contributed by atoms with Crippen LogP contribution in [0.3, 0.4) is 0 Å². The molecular formula is C17H22ClFN2O. The number of carbonyl (C=O) groups excluding carboxylic acids is 1. The van der Waals surface area contributed by atoms with Crippen LogP contribution in [0.1, 0.15) is 42.5 Å². The Morgan fingerprint density at radius 3 is 2.55 bits per heavy atom. The van der Waals surface area contributed by atoms with Crippen molar-refractivity contribution in [2.75, 3.05) is 26.7 Å². The highest BCUT2D eigenvalue weighted by Crippen LogP contribution is 2.37. The van der Waals surface area contributed by atoms with E-state index in [0.29, 0.717) is 5.56 Å². The second-order valence-electron chi connectivity index (χ2n) is 6.52. The Labute approximate surface area is 136 Å². The first-order valence-corrected chi connectivity index (χ1v) is 8.35. The Bertz CT molecular complexity index is 580. The third-order valence-electron chi connectivity index (χ3n) is 5.32. The van der Waals surface area contributed by atoms with Gasteiger partial charge in [0, 0.05) is 24.2 Å². The number of benzene rings is 1. The van der Waals surface area contributed by atoms with Gasteiger partial charge in [0.1, 0.15) is 5.82 Å². The number of likely N-dealkylation sites (tertiary alicyclic amines) is 2. The molecule has 2 aliphatic heterocycles. The molecule has 1 amide bonds. The summed E-state index contributed by atoms with van der Waals surface area (Å²) < 4.78 is 13.6. The summed E-state index contributed by atoms with van der Waals surface area (Å²) in [5.74, 6) is -0.623. The molecule has 2 fully saturated rings. The van der Waals surface area contributed by atoms with Gasteiger partial charge in [0.05, 0.1) is 5.02 Å². The normalized spacial score (nSPS) is 26.4. The largest absolute Gasteiger partial charge is 0.339 e. The summed E-state index contributed by atoms with van der Waals surface area (Å²) in [4.78, 5) is 16.9. The topological polar surface area (TPSA) is 23.6 Å². The predicted molar refractivity (Wildman–Crippen MR) is 85.8 cm³/mol. The lowest BCUT2D eigenvalue weighted by molar-refractivity contribution is 0.0749. The number of carbonyl (C=O) groups is 1. The van der Waals surface area contributed by atoms with E-state index in [1.807, 2.05) is 4.90 Å². The van der Waals surface area contributed by atoms with Gasteiger partial charge < -0.3 is 9.80 Å². The molecule has 2 saturated heterocycles. The van der Waals surface area contributed by atoms with E-state index in [1.54, 1.807) is 6.07 Å². The second-order valence-corrected chi connectivity index (χ2v) is 6.93. The number of nitrogens with zero attached hydrogens (tertiary/aromatic N) is 2. The third kappa shape index (κ3) is 2.86. The molecule has 1 spiro atoms. The van der Waals surface area contributed by atoms with Crippen molar-refractivity contribution in [1.29, 1.82) is 0 Å². The number of hydrogen-bond acceptors (Lipinski definition) is 2. The van der Waals surface area contributed by atoms with Crippen molar-refractivity contribution in [3.8, 4) is 0 Å². The van der Waals surface area contributed by atoms with Gasteiger partial charge in [-0.25, -0.2) is 4.39 Å². The van der Waals surface area contributed by atoms with Crippen molar-refractivity contribution in [2.24, 2.45) is 0 Å². The van der Waals surface area contributed by atoms with Gasteiger partial charge in [-0.3, -0.25) is 4.79 Å². The van der Waals surface area contributed by atoms with Crippen LogP contribution in [0.5, 0.6) is 0 Å². The molecule has 1 aromatic rings. The summed E-state index contributed by atoms with van der Waals surface area (Å²) in [5.41, 5.74) is 0.651. The van der Waals surface area contributed by atoms with Gasteiger partial charge >= 0.3 is 0 Å². The first kappa shape index (κ1) is 15.8. The van der Waals surface area contributed by atoms with Crippen LogP contribution in [0.15, 0.2) is 18.2 Å². The van der Waals surface area contributed by atoms with Crippen LogP contribution in [0.2, 0.25) is 5.02 Å². The Kier molecular flexibility index (Phi) is 4.42. The second kappa shape index (κ2) is 6.17. The molecule has 1 atom stereocenters. The van der Waals surface area contributed by atoms with E-state index in [1.165, 1.54) is 25.0 Å². The molecule has 1 unspecified atom stereocenters. The van der Waals surface area contributed by atoms with E-state index in [-0.39, 0.29) is 16.5 Å². The average Bonchev–Trinajstić information content (AvgIpc) is 2.73. The summed E-state index contributed by atoms with van der Waals surface area (Å²) in [5, 5.41) is 0.0546. The van der Waals surface area contributed by atoms with Crippen molar-refractivity contribution in [1.82, 2.24) is 9.80 Å². The standard InChI is InChI=1S/C17H22ClFN2O/c1-20-9-2-6-17(20)7-3-10-21(11-8-17)16(22)13-4-5-14(18)15(19)12-13/h4-5,12H,2-3,6-11H2,1H3. The fraction of sp³-hybridized carbons (Fsp3) is 0.588. The van der Waals surface area contributed by atoms with E-state index in [9.17, 15) is 9.18 Å². The van der Waals surface area contributed by atoms with Gasteiger partial charge in [-0.05, 0) is 63.9 Å². The maximum atomic E-state index is 13.6. The van der Waals surface area contributed by atoms with Crippen LogP contribution in [0.25, 0.3) is 0 Å². The molecule has 22 heavy (non-hydrogen) atoms. The molecule has 2 aliphatic rings. The van der Waals surface area contributed by atoms with Gasteiger partial charge in [0.25, 0.3) is 5.91 Å². The fourth-order valence-corrected chi connectivity index (χ4v) is 4.02. The first-order valence-electron chi connectivity index (χ1n) is 7.97. The van der Waals surface area contributed by atoms with Crippen molar-refractivity contribution in [2.45, 2.75) is 37.6 Å². The average molecular weight is 325 g/mol. The van der Waals surface area contributed by atoms with Crippen LogP contribution in [-0.2, 0) is 0 Å². The first-order chi connectivity index (χ1) is 10.5. The lowest BCUT2D eigenvalue weighted by Gasteiger charge is -2.35. The van der Waals surface area contributed by atoms with Crippen LogP contribution in [0.4, 0.5) is 4.39 Å². The number of hydrogen-bond donors (Lipinski definition) is 0. The lowest BCUT2D eigenvalue weighted by atomic mass is 9.88. The molecule has 0 saturated carbocycles. The van der Waals surface area contributed by atoms with E-state index in [0.717, 1.165) is 38.9 Å². The van der Waals surface area contributed by atoms with Gasteiger partial charge in [0.15, 0.2) is 0 Å². The Morgan fingerprint density at radius 1 is 1.18 bits per heavy atom. The molecule has 5 heteroatoms. The molecule has 120 valence electrons. The Morgan fingerprint density at radius 2 is 1.91 bits per heavy atom. The van der Waals surface area contributed by atoms with Gasteiger partial charge in [-0.2, -0.15) is 0 Å². The zero-order chi connectivity index (χ0) is 15.7. The highest BCUT2D eigenvalue weighted by molar-refractivity contribution is 6.30. The summed E-state index contributed by atoms with van der Waals surface area (Å²) in [6.45, 7) is 2.64. The molecule has 1 aromatic carbocycles. The predicted octanol–water partition coefficient (Wildman–Crippen LogP) is 3.57. The van der Waals surface area contributed by atoms with Crippen LogP contribution >= 0.6 is 11.6 Å². The van der Waals surface area contributed by atoms with E-state index in [2.05, 4.69) is 11.9 Å². The lowest BCUT2D eigenvalue weighted by Crippen LogP contribution is -2.42. The maximum Gasteiger partial charge on any atom is 0.253 e. The number of halogens is 2. The van der Waals surface area contributed by atoms with Gasteiger partial charge in [0.2, 0.25) is 0 Å². The Hall–Kier alpha value is -1.13. The zero-order valence-corrected chi connectivity index (χ0v) is 13.7. The minimum Gasteiger partial charge on any atom is -0.339 e. The van der Waals surface area contributed by atoms with Crippen molar-refractivity contribution in [3.05, 3.63) is 34.6 Å². The van der Waals surface area contributed by atoms with Crippen molar-refractivity contribution >= 4 is 17.5 Å². The highest BCUT2D eigenvalue weighted by atomic mass is 35.5. The molecule has 3 nitrogen and oxygen atoms in total. The van der Waals surface area contributed by atoms with E-state index >= 15 is 0 Å². The summed E-state index contributed by atoms with van der Waals surface area (Å²) in [6.07, 6.45) is 5.62. The molecule has 0 N–H and O–H groups in total. The molecule has 0 radical (unpaired) electrons. The molecule has 3 rings (SSSR count). The summed E-state index contributed by atoms with van der Waals surface area (Å²) in [7, 11) is 2.19. The van der Waals surface area contributed by atoms with E-state index < -0.39 is 5.82 Å². The highest BCUT2D eigenvalue weighted by Gasteiger charge is 2.40. The molecule has 0 bridgehead atoms. The minimum absolute atomic E-state index is 0.0546. The number of amides is 1. The zero-order valence-electron chi connectivity index (χ0n) is 12.9. The maximum absolute atomic E-state index is 13.6. The van der Waals surface area contributed by atoms with Crippen LogP contribution in [0, 0.1) is 5.82 Å². The molecular weight excluding hydrogens is 303 g/mol. The minimum atomic E-state index is -0.533. The van der Waals surface area contributed by atoms with Gasteiger partial charge in [-0.1, -0.05) is 11.6 Å². The third-order valence-corrected chi connectivity index (χ3v) is 5.62. The van der Waals surface area contributed by atoms with Crippen LogP contribution < -0.4 is 0 Å². The molecule has 0 aliphatic carbocycles. The van der Waals surface area contributed by atoms with Gasteiger partial charge in [-0.15, -0.1) is 0 Å². The summed E-state index contributed by atoms with van der Waals surface area (Å²) in [6, 6.07) is 4.30. The monoisotopic (exact) mass is 324 g/mol. The summed E-state index contributed by atoms with van der Waals surface area (Å²) >= 11 is 5.69. The van der Waals surface area contributed by atoms with Crippen molar-refractivity contribution in [3.63, 3.8) is 0 Å². The number of rotatable bonds is 1. The molecule has 2 heterocycles. The Balaban J connectivity index is 1.73. The SMILES string of the molecule is CN1CCCC12CCCN(C(=O)c1ccc(Cl)c(F)c1)CC2. The fourth-order valence-electron chi connectivity index (χ4n) is 3.90. The quantitative estimate of drug-likeness (QED) is 0.788.